The van der Waals surface area contributed by atoms with Gasteiger partial charge in [0.1, 0.15) is 5.75 Å². The number of benzene rings is 1. The van der Waals surface area contributed by atoms with E-state index in [0.717, 1.165) is 25.9 Å². The fourth-order valence-electron chi connectivity index (χ4n) is 3.74. The molecule has 0 bridgehead atoms. The van der Waals surface area contributed by atoms with Gasteiger partial charge in [-0.05, 0) is 56.0 Å². The fraction of sp³-hybridized carbons (Fsp3) is 0.429. The Morgan fingerprint density at radius 3 is 2.21 bits per heavy atom. The smallest absolute Gasteiger partial charge is 0.321 e. The predicted octanol–water partition coefficient (Wildman–Crippen LogP) is 3.14. The zero-order chi connectivity index (χ0) is 20.1. The van der Waals surface area contributed by atoms with Crippen LogP contribution >= 0.6 is 0 Å². The molecule has 29 heavy (non-hydrogen) atoms. The van der Waals surface area contributed by atoms with Crippen LogP contribution in [-0.2, 0) is 4.79 Å². The van der Waals surface area contributed by atoms with E-state index in [2.05, 4.69) is 15.3 Å². The number of hydrogen-bond donors (Lipinski definition) is 1. The van der Waals surface area contributed by atoms with Crippen LogP contribution in [0, 0.1) is 5.92 Å². The van der Waals surface area contributed by atoms with Gasteiger partial charge in [-0.15, -0.1) is 0 Å². The van der Waals surface area contributed by atoms with Gasteiger partial charge in [0.05, 0.1) is 0 Å². The third kappa shape index (κ3) is 4.82. The molecule has 4 rings (SSSR count). The van der Waals surface area contributed by atoms with Crippen molar-refractivity contribution in [3.05, 3.63) is 42.7 Å². The summed E-state index contributed by atoms with van der Waals surface area (Å²) < 4.78 is 5.55. The number of amides is 3. The van der Waals surface area contributed by atoms with Crippen molar-refractivity contribution in [3.63, 3.8) is 0 Å². The van der Waals surface area contributed by atoms with Crippen LogP contribution in [0.1, 0.15) is 25.7 Å². The zero-order valence-corrected chi connectivity index (χ0v) is 16.3. The molecule has 8 nitrogen and oxygen atoms in total. The summed E-state index contributed by atoms with van der Waals surface area (Å²) in [6.07, 6.45) is 6.79. The van der Waals surface area contributed by atoms with Crippen LogP contribution in [0.25, 0.3) is 0 Å². The average molecular weight is 395 g/mol. The highest BCUT2D eigenvalue weighted by Crippen LogP contribution is 2.23. The lowest BCUT2D eigenvalue weighted by Gasteiger charge is -2.34. The molecule has 0 unspecified atom stereocenters. The van der Waals surface area contributed by atoms with Crippen molar-refractivity contribution in [2.45, 2.75) is 25.7 Å². The molecule has 2 aliphatic heterocycles. The molecule has 3 amide bonds. The highest BCUT2D eigenvalue weighted by Gasteiger charge is 2.30. The van der Waals surface area contributed by atoms with Crippen LogP contribution in [0.15, 0.2) is 42.7 Å². The molecule has 0 saturated carbocycles. The van der Waals surface area contributed by atoms with Crippen LogP contribution in [0.2, 0.25) is 0 Å². The number of carbonyl (C=O) groups is 2. The van der Waals surface area contributed by atoms with E-state index in [-0.39, 0.29) is 23.9 Å². The highest BCUT2D eigenvalue weighted by molar-refractivity contribution is 5.92. The van der Waals surface area contributed by atoms with Gasteiger partial charge in [-0.2, -0.15) is 0 Å². The monoisotopic (exact) mass is 395 g/mol. The van der Waals surface area contributed by atoms with Crippen LogP contribution in [0.5, 0.6) is 11.8 Å². The molecule has 2 aromatic rings. The van der Waals surface area contributed by atoms with Gasteiger partial charge in [-0.1, -0.05) is 0 Å². The first-order valence-corrected chi connectivity index (χ1v) is 10.1. The number of hydrogen-bond acceptors (Lipinski definition) is 5. The maximum atomic E-state index is 12.6. The number of piperidine rings is 1. The number of nitrogens with zero attached hydrogens (tertiary/aromatic N) is 4. The molecule has 2 aliphatic rings. The van der Waals surface area contributed by atoms with Gasteiger partial charge in [0.15, 0.2) is 0 Å². The first-order chi connectivity index (χ1) is 14.2. The molecule has 1 N–H and O–H groups in total. The van der Waals surface area contributed by atoms with Crippen molar-refractivity contribution in [2.24, 2.45) is 5.92 Å². The number of aromatic nitrogens is 2. The molecule has 0 aliphatic carbocycles. The number of rotatable bonds is 4. The molecule has 0 radical (unpaired) electrons. The van der Waals surface area contributed by atoms with Crippen LogP contribution < -0.4 is 10.1 Å². The second kappa shape index (κ2) is 8.89. The number of carbonyl (C=O) groups excluding carboxylic acids is 2. The van der Waals surface area contributed by atoms with Crippen molar-refractivity contribution in [1.82, 2.24) is 19.8 Å². The van der Waals surface area contributed by atoms with Crippen LogP contribution in [-0.4, -0.2) is 57.9 Å². The van der Waals surface area contributed by atoms with Crippen molar-refractivity contribution < 1.29 is 14.3 Å². The summed E-state index contributed by atoms with van der Waals surface area (Å²) >= 11 is 0. The molecule has 2 saturated heterocycles. The van der Waals surface area contributed by atoms with Crippen molar-refractivity contribution >= 4 is 17.6 Å². The molecule has 152 valence electrons. The minimum Gasteiger partial charge on any atom is -0.424 e. The Kier molecular flexibility index (Phi) is 5.88. The number of urea groups is 1. The first kappa shape index (κ1) is 19.2. The molecule has 2 fully saturated rings. The Morgan fingerprint density at radius 1 is 0.931 bits per heavy atom. The van der Waals surface area contributed by atoms with Crippen LogP contribution in [0.4, 0.5) is 10.5 Å². The van der Waals surface area contributed by atoms with E-state index in [4.69, 9.17) is 4.74 Å². The largest absolute Gasteiger partial charge is 0.424 e. The highest BCUT2D eigenvalue weighted by atomic mass is 16.5. The predicted molar refractivity (Wildman–Crippen MR) is 108 cm³/mol. The number of nitrogens with one attached hydrogen (secondary N) is 1. The molecular formula is C21H25N5O3. The average Bonchev–Trinajstić information content (AvgIpc) is 3.30. The summed E-state index contributed by atoms with van der Waals surface area (Å²) in [6, 6.07) is 9.24. The second-order valence-electron chi connectivity index (χ2n) is 7.39. The minimum absolute atomic E-state index is 0.00154. The molecule has 3 heterocycles. The lowest BCUT2D eigenvalue weighted by atomic mass is 9.96. The standard InChI is InChI=1S/C21H25N5O3/c27-19(16-8-14-26(15-9-16)21(28)25-12-1-2-13-25)24-17-4-6-18(7-5-17)29-20-22-10-3-11-23-20/h3-7,10-11,16H,1-2,8-9,12-15H2,(H,24,27). The maximum absolute atomic E-state index is 12.6. The number of ether oxygens (including phenoxy) is 1. The van der Waals surface area contributed by atoms with E-state index in [1.54, 1.807) is 42.7 Å². The molecule has 1 aromatic carbocycles. The third-order valence-corrected chi connectivity index (χ3v) is 5.39. The Morgan fingerprint density at radius 2 is 1.55 bits per heavy atom. The summed E-state index contributed by atoms with van der Waals surface area (Å²) in [5.41, 5.74) is 0.715. The van der Waals surface area contributed by atoms with E-state index in [1.807, 2.05) is 9.80 Å². The second-order valence-corrected chi connectivity index (χ2v) is 7.39. The van der Waals surface area contributed by atoms with Gasteiger partial charge in [0.25, 0.3) is 0 Å². The maximum Gasteiger partial charge on any atom is 0.321 e. The summed E-state index contributed by atoms with van der Waals surface area (Å²) in [6.45, 7) is 2.99. The van der Waals surface area contributed by atoms with Gasteiger partial charge >= 0.3 is 12.0 Å². The van der Waals surface area contributed by atoms with E-state index in [0.29, 0.717) is 37.4 Å². The van der Waals surface area contributed by atoms with E-state index >= 15 is 0 Å². The summed E-state index contributed by atoms with van der Waals surface area (Å²) in [5, 5.41) is 2.96. The summed E-state index contributed by atoms with van der Waals surface area (Å²) in [5.74, 6) is 0.521. The molecule has 0 atom stereocenters. The lowest BCUT2D eigenvalue weighted by Crippen LogP contribution is -2.47. The molecule has 8 heteroatoms. The number of likely N-dealkylation sites (tertiary alicyclic amines) is 2. The topological polar surface area (TPSA) is 87.7 Å². The first-order valence-electron chi connectivity index (χ1n) is 10.1. The zero-order valence-electron chi connectivity index (χ0n) is 16.3. The Balaban J connectivity index is 1.26. The SMILES string of the molecule is O=C(Nc1ccc(Oc2ncccn2)cc1)C1CCN(C(=O)N2CCCC2)CC1. The van der Waals surface area contributed by atoms with E-state index in [9.17, 15) is 9.59 Å². The van der Waals surface area contributed by atoms with Gasteiger partial charge < -0.3 is 19.9 Å². The Labute approximate surface area is 169 Å². The summed E-state index contributed by atoms with van der Waals surface area (Å²) in [7, 11) is 0. The van der Waals surface area contributed by atoms with Gasteiger partial charge in [0.2, 0.25) is 5.91 Å². The van der Waals surface area contributed by atoms with Gasteiger partial charge in [0, 0.05) is 50.2 Å². The van der Waals surface area contributed by atoms with Crippen LogP contribution in [0.3, 0.4) is 0 Å². The van der Waals surface area contributed by atoms with Crippen molar-refractivity contribution in [2.75, 3.05) is 31.5 Å². The molecular weight excluding hydrogens is 370 g/mol. The van der Waals surface area contributed by atoms with E-state index in [1.165, 1.54) is 0 Å². The Bertz CT molecular complexity index is 829. The van der Waals surface area contributed by atoms with E-state index < -0.39 is 0 Å². The van der Waals surface area contributed by atoms with Gasteiger partial charge in [-0.25, -0.2) is 14.8 Å². The summed E-state index contributed by atoms with van der Waals surface area (Å²) in [4.78, 5) is 36.9. The number of anilines is 1. The van der Waals surface area contributed by atoms with Crippen molar-refractivity contribution in [3.8, 4) is 11.8 Å². The third-order valence-electron chi connectivity index (χ3n) is 5.39. The quantitative estimate of drug-likeness (QED) is 0.859. The lowest BCUT2D eigenvalue weighted by molar-refractivity contribution is -0.121. The van der Waals surface area contributed by atoms with Gasteiger partial charge in [-0.3, -0.25) is 4.79 Å². The molecule has 1 aromatic heterocycles. The fourth-order valence-corrected chi connectivity index (χ4v) is 3.74. The van der Waals surface area contributed by atoms with Crippen molar-refractivity contribution in [1.29, 1.82) is 0 Å². The minimum atomic E-state index is -0.0775. The Hall–Kier alpha value is -3.16. The molecule has 0 spiro atoms. The normalized spacial score (nSPS) is 17.2.